The van der Waals surface area contributed by atoms with Crippen LogP contribution in [0, 0.1) is 5.41 Å². The second-order valence-electron chi connectivity index (χ2n) is 6.78. The summed E-state index contributed by atoms with van der Waals surface area (Å²) >= 11 is 1.82. The fourth-order valence-corrected chi connectivity index (χ4v) is 3.93. The van der Waals surface area contributed by atoms with Gasteiger partial charge in [0.05, 0.1) is 18.8 Å². The van der Waals surface area contributed by atoms with Crippen molar-refractivity contribution in [3.05, 3.63) is 15.6 Å². The lowest BCUT2D eigenvalue weighted by molar-refractivity contribution is -0.129. The largest absolute Gasteiger partial charge is 0.348 e. The van der Waals surface area contributed by atoms with Crippen molar-refractivity contribution in [1.29, 1.82) is 0 Å². The Labute approximate surface area is 125 Å². The summed E-state index contributed by atoms with van der Waals surface area (Å²) in [5, 5.41) is 1.14. The first-order valence-corrected chi connectivity index (χ1v) is 7.95. The van der Waals surface area contributed by atoms with Crippen LogP contribution in [0.2, 0.25) is 0 Å². The Bertz CT molecular complexity index is 493. The van der Waals surface area contributed by atoms with Crippen molar-refractivity contribution in [1.82, 2.24) is 14.8 Å². The molecule has 0 radical (unpaired) electrons. The number of fused-ring (bicyclic) bond motifs is 1. The molecular formula is C15H25N3OS. The van der Waals surface area contributed by atoms with E-state index in [1.807, 2.05) is 23.3 Å². The lowest BCUT2D eigenvalue weighted by atomic mass is 9.79. The minimum absolute atomic E-state index is 0.134. The van der Waals surface area contributed by atoms with Crippen molar-refractivity contribution in [2.75, 3.05) is 27.7 Å². The molecular weight excluding hydrogens is 270 g/mol. The average Bonchev–Trinajstić information content (AvgIpc) is 2.68. The molecule has 4 nitrogen and oxygen atoms in total. The van der Waals surface area contributed by atoms with Gasteiger partial charge in [0.15, 0.2) is 0 Å². The minimum atomic E-state index is 0.134. The van der Waals surface area contributed by atoms with E-state index in [1.54, 1.807) is 19.0 Å². The predicted molar refractivity (Wildman–Crippen MR) is 82.9 cm³/mol. The molecule has 0 saturated carbocycles. The Morgan fingerprint density at radius 1 is 1.35 bits per heavy atom. The molecule has 20 heavy (non-hydrogen) atoms. The standard InChI is InChI=1S/C15H25N3OS/c1-15(2)7-6-11-12(8-15)20-13(16-11)9-18(5)10-14(19)17(3)4/h6-10H2,1-5H3. The normalized spacial score (nSPS) is 17.1. The molecule has 5 heteroatoms. The van der Waals surface area contributed by atoms with Gasteiger partial charge >= 0.3 is 0 Å². The molecule has 0 atom stereocenters. The topological polar surface area (TPSA) is 36.4 Å². The lowest BCUT2D eigenvalue weighted by Gasteiger charge is -2.28. The SMILES string of the molecule is CN(CC(=O)N(C)C)Cc1nc2c(s1)CC(C)(C)CC2. The second kappa shape index (κ2) is 5.82. The van der Waals surface area contributed by atoms with Crippen LogP contribution in [0.1, 0.15) is 35.8 Å². The molecule has 0 N–H and O–H groups in total. The van der Waals surface area contributed by atoms with Crippen LogP contribution in [0.3, 0.4) is 0 Å². The van der Waals surface area contributed by atoms with E-state index in [-0.39, 0.29) is 5.91 Å². The minimum Gasteiger partial charge on any atom is -0.348 e. The van der Waals surface area contributed by atoms with E-state index >= 15 is 0 Å². The van der Waals surface area contributed by atoms with Gasteiger partial charge in [0.1, 0.15) is 5.01 Å². The predicted octanol–water partition coefficient (Wildman–Crippen LogP) is 2.18. The Morgan fingerprint density at radius 2 is 2.05 bits per heavy atom. The van der Waals surface area contributed by atoms with E-state index in [1.165, 1.54) is 17.0 Å². The fourth-order valence-electron chi connectivity index (χ4n) is 2.48. The van der Waals surface area contributed by atoms with Gasteiger partial charge in [0.25, 0.3) is 0 Å². The molecule has 0 bridgehead atoms. The molecule has 0 aliphatic heterocycles. The monoisotopic (exact) mass is 295 g/mol. The highest BCUT2D eigenvalue weighted by Crippen LogP contribution is 2.37. The van der Waals surface area contributed by atoms with E-state index in [2.05, 4.69) is 13.8 Å². The fraction of sp³-hybridized carbons (Fsp3) is 0.733. The maximum atomic E-state index is 11.7. The Morgan fingerprint density at radius 3 is 2.70 bits per heavy atom. The number of thiazole rings is 1. The zero-order valence-electron chi connectivity index (χ0n) is 13.2. The summed E-state index contributed by atoms with van der Waals surface area (Å²) in [6.07, 6.45) is 3.46. The molecule has 0 unspecified atom stereocenters. The lowest BCUT2D eigenvalue weighted by Crippen LogP contribution is -2.34. The molecule has 1 aliphatic carbocycles. The van der Waals surface area contributed by atoms with Crippen LogP contribution < -0.4 is 0 Å². The average molecular weight is 295 g/mol. The van der Waals surface area contributed by atoms with E-state index in [9.17, 15) is 4.79 Å². The van der Waals surface area contributed by atoms with Crippen LogP contribution >= 0.6 is 11.3 Å². The first kappa shape index (κ1) is 15.4. The van der Waals surface area contributed by atoms with Crippen LogP contribution in [-0.4, -0.2) is 48.4 Å². The number of hydrogen-bond acceptors (Lipinski definition) is 4. The smallest absolute Gasteiger partial charge is 0.236 e. The van der Waals surface area contributed by atoms with Gasteiger partial charge in [-0.1, -0.05) is 13.8 Å². The summed E-state index contributed by atoms with van der Waals surface area (Å²) in [5.41, 5.74) is 1.69. The molecule has 0 fully saturated rings. The zero-order valence-corrected chi connectivity index (χ0v) is 14.0. The molecule has 1 amide bonds. The Kier molecular flexibility index (Phi) is 4.49. The van der Waals surface area contributed by atoms with Crippen molar-refractivity contribution in [3.8, 4) is 0 Å². The number of nitrogens with zero attached hydrogens (tertiary/aromatic N) is 3. The van der Waals surface area contributed by atoms with Crippen LogP contribution in [0.5, 0.6) is 0 Å². The molecule has 0 aromatic carbocycles. The van der Waals surface area contributed by atoms with Crippen LogP contribution in [0.4, 0.5) is 0 Å². The van der Waals surface area contributed by atoms with Gasteiger partial charge in [-0.15, -0.1) is 11.3 Å². The highest BCUT2D eigenvalue weighted by atomic mass is 32.1. The highest BCUT2D eigenvalue weighted by molar-refractivity contribution is 7.11. The van der Waals surface area contributed by atoms with E-state index in [4.69, 9.17) is 4.98 Å². The molecule has 2 rings (SSSR count). The van der Waals surface area contributed by atoms with Gasteiger partial charge in [0, 0.05) is 19.0 Å². The summed E-state index contributed by atoms with van der Waals surface area (Å²) < 4.78 is 0. The summed E-state index contributed by atoms with van der Waals surface area (Å²) in [7, 11) is 5.56. The van der Waals surface area contributed by atoms with Crippen molar-refractivity contribution < 1.29 is 4.79 Å². The summed E-state index contributed by atoms with van der Waals surface area (Å²) in [6, 6.07) is 0. The highest BCUT2D eigenvalue weighted by Gasteiger charge is 2.28. The molecule has 0 spiro atoms. The number of aryl methyl sites for hydroxylation is 1. The van der Waals surface area contributed by atoms with Gasteiger partial charge in [0.2, 0.25) is 5.91 Å². The first-order chi connectivity index (χ1) is 9.27. The van der Waals surface area contributed by atoms with Crippen molar-refractivity contribution in [2.45, 2.75) is 39.7 Å². The van der Waals surface area contributed by atoms with Crippen molar-refractivity contribution in [3.63, 3.8) is 0 Å². The van der Waals surface area contributed by atoms with Crippen LogP contribution in [-0.2, 0) is 24.2 Å². The number of likely N-dealkylation sites (N-methyl/N-ethyl adjacent to an activating group) is 2. The second-order valence-corrected chi connectivity index (χ2v) is 7.95. The molecule has 112 valence electrons. The number of carbonyl (C=O) groups is 1. The maximum absolute atomic E-state index is 11.7. The number of rotatable bonds is 4. The Balaban J connectivity index is 1.98. The maximum Gasteiger partial charge on any atom is 0.236 e. The first-order valence-electron chi connectivity index (χ1n) is 7.13. The molecule has 1 aromatic heterocycles. The third-order valence-electron chi connectivity index (χ3n) is 3.81. The Hall–Kier alpha value is -0.940. The van der Waals surface area contributed by atoms with Gasteiger partial charge in [-0.3, -0.25) is 9.69 Å². The van der Waals surface area contributed by atoms with Gasteiger partial charge in [-0.2, -0.15) is 0 Å². The summed E-state index contributed by atoms with van der Waals surface area (Å²) in [4.78, 5) is 21.6. The van der Waals surface area contributed by atoms with Crippen LogP contribution in [0.15, 0.2) is 0 Å². The van der Waals surface area contributed by atoms with Crippen molar-refractivity contribution >= 4 is 17.2 Å². The third kappa shape index (κ3) is 3.79. The number of hydrogen-bond donors (Lipinski definition) is 0. The molecule has 1 aliphatic rings. The number of amides is 1. The molecule has 1 heterocycles. The van der Waals surface area contributed by atoms with Gasteiger partial charge in [-0.25, -0.2) is 4.98 Å². The zero-order chi connectivity index (χ0) is 14.9. The van der Waals surface area contributed by atoms with Crippen molar-refractivity contribution in [2.24, 2.45) is 5.41 Å². The number of aromatic nitrogens is 1. The quantitative estimate of drug-likeness (QED) is 0.854. The van der Waals surface area contributed by atoms with Crippen LogP contribution in [0.25, 0.3) is 0 Å². The molecule has 0 saturated heterocycles. The van der Waals surface area contributed by atoms with E-state index in [0.29, 0.717) is 12.0 Å². The van der Waals surface area contributed by atoms with Gasteiger partial charge < -0.3 is 4.90 Å². The van der Waals surface area contributed by atoms with Gasteiger partial charge in [-0.05, 0) is 31.7 Å². The van der Waals surface area contributed by atoms with E-state index < -0.39 is 0 Å². The summed E-state index contributed by atoms with van der Waals surface area (Å²) in [5.74, 6) is 0.134. The summed E-state index contributed by atoms with van der Waals surface area (Å²) in [6.45, 7) is 5.87. The van der Waals surface area contributed by atoms with E-state index in [0.717, 1.165) is 24.4 Å². The molecule has 1 aromatic rings. The number of carbonyl (C=O) groups excluding carboxylic acids is 1. The third-order valence-corrected chi connectivity index (χ3v) is 4.89.